The third-order valence-corrected chi connectivity index (χ3v) is 6.63. The quantitative estimate of drug-likeness (QED) is 0.441. The lowest BCUT2D eigenvalue weighted by atomic mass is 10.1. The summed E-state index contributed by atoms with van der Waals surface area (Å²) in [5.41, 5.74) is 1.81. The molecule has 0 amide bonds. The predicted molar refractivity (Wildman–Crippen MR) is 119 cm³/mol. The van der Waals surface area contributed by atoms with Crippen molar-refractivity contribution < 1.29 is 0 Å². The van der Waals surface area contributed by atoms with E-state index in [0.29, 0.717) is 20.9 Å². The lowest BCUT2D eigenvalue weighted by Gasteiger charge is -2.08. The fraction of sp³-hybridized carbons (Fsp3) is 0.0455. The van der Waals surface area contributed by atoms with Gasteiger partial charge in [0.25, 0.3) is 5.56 Å². The number of H-pyrrole nitrogens is 1. The minimum atomic E-state index is -0.493. The smallest absolute Gasteiger partial charge is 0.305 e. The predicted octanol–water partition coefficient (Wildman–Crippen LogP) is 4.92. The summed E-state index contributed by atoms with van der Waals surface area (Å²) in [5, 5.41) is 2.24. The zero-order valence-corrected chi connectivity index (χ0v) is 16.8. The number of thiophene rings is 1. The highest BCUT2D eigenvalue weighted by Gasteiger charge is 2.19. The number of nitrogens with one attached hydrogen (secondary N) is 1. The molecular formula is C22H14ClN3O2S. The van der Waals surface area contributed by atoms with Crippen molar-refractivity contribution in [2.75, 3.05) is 0 Å². The molecule has 5 rings (SSSR count). The Hall–Kier alpha value is -3.22. The van der Waals surface area contributed by atoms with Gasteiger partial charge < -0.3 is 4.98 Å². The molecule has 2 aromatic carbocycles. The van der Waals surface area contributed by atoms with Crippen LogP contribution in [-0.2, 0) is 0 Å². The van der Waals surface area contributed by atoms with Gasteiger partial charge in [-0.3, -0.25) is 9.78 Å². The van der Waals surface area contributed by atoms with Crippen LogP contribution in [0.4, 0.5) is 0 Å². The highest BCUT2D eigenvalue weighted by Crippen LogP contribution is 2.38. The maximum absolute atomic E-state index is 13.4. The Balaban J connectivity index is 1.85. The molecule has 0 aliphatic carbocycles. The van der Waals surface area contributed by atoms with Gasteiger partial charge >= 0.3 is 5.69 Å². The van der Waals surface area contributed by atoms with Gasteiger partial charge in [-0.1, -0.05) is 54.1 Å². The second kappa shape index (κ2) is 6.69. The molecule has 0 saturated carbocycles. The van der Waals surface area contributed by atoms with Gasteiger partial charge in [0.2, 0.25) is 0 Å². The number of hydrogen-bond acceptors (Lipinski definition) is 4. The van der Waals surface area contributed by atoms with Gasteiger partial charge in [-0.05, 0) is 18.6 Å². The fourth-order valence-electron chi connectivity index (χ4n) is 3.57. The summed E-state index contributed by atoms with van der Waals surface area (Å²) in [5.74, 6) is 0. The van der Waals surface area contributed by atoms with Crippen LogP contribution in [-0.4, -0.2) is 14.5 Å². The summed E-state index contributed by atoms with van der Waals surface area (Å²) in [4.78, 5) is 34.3. The number of aryl methyl sites for hydroxylation is 1. The molecule has 0 saturated heterocycles. The Morgan fingerprint density at radius 2 is 1.79 bits per heavy atom. The first-order valence-corrected chi connectivity index (χ1v) is 10.1. The van der Waals surface area contributed by atoms with Gasteiger partial charge in [-0.2, -0.15) is 0 Å². The topological polar surface area (TPSA) is 67.8 Å². The van der Waals surface area contributed by atoms with Gasteiger partial charge in [-0.25, -0.2) is 9.36 Å². The zero-order chi connectivity index (χ0) is 20.1. The lowest BCUT2D eigenvalue weighted by molar-refractivity contribution is 0.904. The van der Waals surface area contributed by atoms with Gasteiger partial charge in [0.1, 0.15) is 4.70 Å². The van der Waals surface area contributed by atoms with E-state index < -0.39 is 5.69 Å². The molecule has 0 aliphatic heterocycles. The Morgan fingerprint density at radius 1 is 1.03 bits per heavy atom. The van der Waals surface area contributed by atoms with Crippen LogP contribution < -0.4 is 11.2 Å². The van der Waals surface area contributed by atoms with E-state index in [-0.39, 0.29) is 5.56 Å². The largest absolute Gasteiger partial charge is 0.333 e. The monoisotopic (exact) mass is 419 g/mol. The average molecular weight is 420 g/mol. The maximum atomic E-state index is 13.4. The molecule has 0 atom stereocenters. The fourth-order valence-corrected chi connectivity index (χ4v) is 5.09. The van der Waals surface area contributed by atoms with Crippen LogP contribution in [0.5, 0.6) is 0 Å². The van der Waals surface area contributed by atoms with Crippen molar-refractivity contribution in [1.29, 1.82) is 0 Å². The first-order chi connectivity index (χ1) is 14.1. The van der Waals surface area contributed by atoms with E-state index in [1.165, 1.54) is 11.3 Å². The van der Waals surface area contributed by atoms with Crippen molar-refractivity contribution in [3.8, 4) is 16.1 Å². The number of rotatable bonds is 2. The molecule has 0 spiro atoms. The van der Waals surface area contributed by atoms with Crippen molar-refractivity contribution >= 4 is 43.9 Å². The normalized spacial score (nSPS) is 11.4. The third-order valence-electron chi connectivity index (χ3n) is 4.99. The van der Waals surface area contributed by atoms with Crippen molar-refractivity contribution in [2.45, 2.75) is 6.92 Å². The van der Waals surface area contributed by atoms with Crippen molar-refractivity contribution in [3.05, 3.63) is 92.3 Å². The van der Waals surface area contributed by atoms with Gasteiger partial charge in [0.15, 0.2) is 0 Å². The molecule has 0 bridgehead atoms. The molecular weight excluding hydrogens is 406 g/mol. The molecule has 3 aromatic heterocycles. The molecule has 0 unspecified atom stereocenters. The number of pyridine rings is 1. The number of hydrogen-bond donors (Lipinski definition) is 1. The summed E-state index contributed by atoms with van der Waals surface area (Å²) >= 11 is 7.70. The van der Waals surface area contributed by atoms with Gasteiger partial charge in [0.05, 0.1) is 17.4 Å². The first kappa shape index (κ1) is 17.8. The summed E-state index contributed by atoms with van der Waals surface area (Å²) < 4.78 is 1.63. The van der Waals surface area contributed by atoms with Crippen LogP contribution in [0.1, 0.15) is 5.56 Å². The third kappa shape index (κ3) is 2.72. The SMILES string of the molecule is Cc1c(-c2ccccc2Cl)sc2c(=O)n(-c3cncc4ccccc34)c(=O)[nH]c12. The van der Waals surface area contributed by atoms with Gasteiger partial charge in [-0.15, -0.1) is 11.3 Å². The Bertz CT molecular complexity index is 1530. The Labute approximate surface area is 173 Å². The number of halogens is 1. The van der Waals surface area contributed by atoms with Crippen LogP contribution in [0, 0.1) is 6.92 Å². The van der Waals surface area contributed by atoms with Crippen LogP contribution >= 0.6 is 22.9 Å². The zero-order valence-electron chi connectivity index (χ0n) is 15.3. The van der Waals surface area contributed by atoms with Crippen molar-refractivity contribution in [3.63, 3.8) is 0 Å². The molecule has 5 aromatic rings. The number of nitrogens with zero attached hydrogens (tertiary/aromatic N) is 2. The molecule has 142 valence electrons. The molecule has 0 aliphatic rings. The van der Waals surface area contributed by atoms with Crippen LogP contribution in [0.15, 0.2) is 70.5 Å². The molecule has 0 radical (unpaired) electrons. The van der Waals surface area contributed by atoms with E-state index in [2.05, 4.69) is 9.97 Å². The number of fused-ring (bicyclic) bond motifs is 2. The summed E-state index contributed by atoms with van der Waals surface area (Å²) in [6, 6.07) is 15.0. The van der Waals surface area contributed by atoms with E-state index in [9.17, 15) is 9.59 Å². The Morgan fingerprint density at radius 3 is 2.62 bits per heavy atom. The van der Waals surface area contributed by atoms with E-state index in [4.69, 9.17) is 11.6 Å². The second-order valence-corrected chi connectivity index (χ2v) is 8.12. The van der Waals surface area contributed by atoms with E-state index in [0.717, 1.165) is 31.3 Å². The molecule has 1 N–H and O–H groups in total. The van der Waals surface area contributed by atoms with Crippen LogP contribution in [0.2, 0.25) is 5.02 Å². The molecule has 29 heavy (non-hydrogen) atoms. The standard InChI is InChI=1S/C22H14ClN3O2S/c1-12-18-20(29-19(12)15-8-4-5-9-16(15)23)21(27)26(22(28)25-18)17-11-24-10-13-6-2-3-7-14(13)17/h2-11H,1H3,(H,25,28). The van der Waals surface area contributed by atoms with Gasteiger partial charge in [0, 0.05) is 32.4 Å². The van der Waals surface area contributed by atoms with E-state index in [1.807, 2.05) is 55.5 Å². The van der Waals surface area contributed by atoms with Crippen LogP contribution in [0.3, 0.4) is 0 Å². The van der Waals surface area contributed by atoms with Crippen molar-refractivity contribution in [1.82, 2.24) is 14.5 Å². The summed E-state index contributed by atoms with van der Waals surface area (Å²) in [6.07, 6.45) is 3.25. The molecule has 7 heteroatoms. The molecule has 5 nitrogen and oxygen atoms in total. The average Bonchev–Trinajstić information content (AvgIpc) is 3.05. The molecule has 0 fully saturated rings. The maximum Gasteiger partial charge on any atom is 0.333 e. The minimum absolute atomic E-state index is 0.367. The highest BCUT2D eigenvalue weighted by molar-refractivity contribution is 7.22. The van der Waals surface area contributed by atoms with E-state index in [1.54, 1.807) is 12.4 Å². The molecule has 3 heterocycles. The number of aromatic nitrogens is 3. The first-order valence-electron chi connectivity index (χ1n) is 8.92. The lowest BCUT2D eigenvalue weighted by Crippen LogP contribution is -2.33. The number of aromatic amines is 1. The van der Waals surface area contributed by atoms with E-state index >= 15 is 0 Å². The minimum Gasteiger partial charge on any atom is -0.305 e. The Kier molecular flexibility index (Phi) is 4.12. The van der Waals surface area contributed by atoms with Crippen LogP contribution in [0.25, 0.3) is 37.1 Å². The number of benzene rings is 2. The summed E-state index contributed by atoms with van der Waals surface area (Å²) in [7, 11) is 0. The van der Waals surface area contributed by atoms with Crippen molar-refractivity contribution in [2.24, 2.45) is 0 Å². The highest BCUT2D eigenvalue weighted by atomic mass is 35.5. The summed E-state index contributed by atoms with van der Waals surface area (Å²) in [6.45, 7) is 1.89. The second-order valence-electron chi connectivity index (χ2n) is 6.69.